The number of amides is 1. The van der Waals surface area contributed by atoms with Gasteiger partial charge in [-0.25, -0.2) is 15.8 Å². The lowest BCUT2D eigenvalue weighted by molar-refractivity contribution is -0.123. The number of nitrogens with zero attached hydrogens (tertiary/aromatic N) is 2. The minimum atomic E-state index is -0.161. The molecule has 1 heterocycles. The molecule has 0 fully saturated rings. The van der Waals surface area contributed by atoms with Gasteiger partial charge < -0.3 is 0 Å². The van der Waals surface area contributed by atoms with Gasteiger partial charge in [-0.2, -0.15) is 0 Å². The van der Waals surface area contributed by atoms with Crippen LogP contribution in [0.15, 0.2) is 23.6 Å². The van der Waals surface area contributed by atoms with E-state index in [-0.39, 0.29) is 11.8 Å². The molecule has 0 radical (unpaired) electrons. The zero-order valence-electron chi connectivity index (χ0n) is 7.80. The van der Waals surface area contributed by atoms with E-state index in [1.807, 2.05) is 6.92 Å². The van der Waals surface area contributed by atoms with Crippen LogP contribution >= 0.6 is 11.8 Å². The molecule has 1 aromatic rings. The summed E-state index contributed by atoms with van der Waals surface area (Å²) in [7, 11) is 0. The Bertz CT molecular complexity index is 293. The number of rotatable bonds is 4. The molecule has 1 amide bonds. The lowest BCUT2D eigenvalue weighted by atomic mass is 10.2. The molecular formula is C8H12N4OS. The van der Waals surface area contributed by atoms with Crippen molar-refractivity contribution in [3.63, 3.8) is 0 Å². The maximum atomic E-state index is 11.1. The maximum Gasteiger partial charge on any atom is 0.237 e. The average Bonchev–Trinajstić information content (AvgIpc) is 2.26. The van der Waals surface area contributed by atoms with Crippen LogP contribution < -0.4 is 11.3 Å². The fourth-order valence-corrected chi connectivity index (χ4v) is 1.64. The van der Waals surface area contributed by atoms with Crippen LogP contribution in [0.2, 0.25) is 0 Å². The summed E-state index contributed by atoms with van der Waals surface area (Å²) in [6, 6.07) is 1.80. The Balaban J connectivity index is 2.38. The van der Waals surface area contributed by atoms with Crippen molar-refractivity contribution in [2.75, 3.05) is 5.75 Å². The van der Waals surface area contributed by atoms with Crippen LogP contribution in [-0.2, 0) is 4.79 Å². The van der Waals surface area contributed by atoms with Crippen LogP contribution in [0, 0.1) is 5.92 Å². The van der Waals surface area contributed by atoms with Crippen LogP contribution in [-0.4, -0.2) is 21.6 Å². The molecule has 3 N–H and O–H groups in total. The van der Waals surface area contributed by atoms with Gasteiger partial charge in [0.1, 0.15) is 6.33 Å². The predicted molar refractivity (Wildman–Crippen MR) is 54.3 cm³/mol. The molecule has 0 aliphatic rings. The quantitative estimate of drug-likeness (QED) is 0.245. The monoisotopic (exact) mass is 212 g/mol. The second kappa shape index (κ2) is 5.56. The highest BCUT2D eigenvalue weighted by Crippen LogP contribution is 2.16. The average molecular weight is 212 g/mol. The van der Waals surface area contributed by atoms with Crippen LogP contribution in [0.1, 0.15) is 6.92 Å². The van der Waals surface area contributed by atoms with Crippen molar-refractivity contribution in [3.8, 4) is 0 Å². The largest absolute Gasteiger partial charge is 0.294 e. The van der Waals surface area contributed by atoms with E-state index >= 15 is 0 Å². The van der Waals surface area contributed by atoms with Gasteiger partial charge >= 0.3 is 0 Å². The molecule has 0 bridgehead atoms. The first-order chi connectivity index (χ1) is 6.74. The van der Waals surface area contributed by atoms with Gasteiger partial charge in [0.25, 0.3) is 0 Å². The first-order valence-corrected chi connectivity index (χ1v) is 5.12. The van der Waals surface area contributed by atoms with E-state index in [2.05, 4.69) is 15.4 Å². The van der Waals surface area contributed by atoms with E-state index in [1.165, 1.54) is 18.1 Å². The van der Waals surface area contributed by atoms with Gasteiger partial charge in [-0.15, -0.1) is 11.8 Å². The number of nitrogens with two attached hydrogens (primary N) is 1. The van der Waals surface area contributed by atoms with Crippen molar-refractivity contribution in [2.24, 2.45) is 11.8 Å². The highest BCUT2D eigenvalue weighted by molar-refractivity contribution is 7.99. The molecule has 0 aliphatic heterocycles. The molecule has 0 aliphatic carbocycles. The van der Waals surface area contributed by atoms with E-state index in [4.69, 9.17) is 5.84 Å². The summed E-state index contributed by atoms with van der Waals surface area (Å²) < 4.78 is 0. The second-order valence-corrected chi connectivity index (χ2v) is 3.81. The summed E-state index contributed by atoms with van der Waals surface area (Å²) in [4.78, 5) is 18.9. The lowest BCUT2D eigenvalue weighted by Gasteiger charge is -2.07. The Labute approximate surface area is 86.5 Å². The Morgan fingerprint density at radius 2 is 2.57 bits per heavy atom. The van der Waals surface area contributed by atoms with Crippen molar-refractivity contribution in [3.05, 3.63) is 18.6 Å². The van der Waals surface area contributed by atoms with Crippen LogP contribution in [0.3, 0.4) is 0 Å². The number of nitrogens with one attached hydrogen (secondary N) is 1. The number of hydrogen-bond acceptors (Lipinski definition) is 5. The van der Waals surface area contributed by atoms with E-state index < -0.39 is 0 Å². The SMILES string of the molecule is CC(CSc1ccncn1)C(=O)NN. The fourth-order valence-electron chi connectivity index (χ4n) is 0.792. The second-order valence-electron chi connectivity index (χ2n) is 2.77. The summed E-state index contributed by atoms with van der Waals surface area (Å²) in [5.41, 5.74) is 2.12. The Morgan fingerprint density at radius 1 is 1.79 bits per heavy atom. The summed E-state index contributed by atoms with van der Waals surface area (Å²) in [5, 5.41) is 0.858. The number of carbonyl (C=O) groups excluding carboxylic acids is 1. The molecule has 6 heteroatoms. The summed E-state index contributed by atoms with van der Waals surface area (Å²) in [6.45, 7) is 1.82. The first-order valence-electron chi connectivity index (χ1n) is 4.13. The molecule has 0 spiro atoms. The Morgan fingerprint density at radius 3 is 3.14 bits per heavy atom. The molecule has 1 unspecified atom stereocenters. The summed E-state index contributed by atoms with van der Waals surface area (Å²) >= 11 is 1.50. The standard InChI is InChI=1S/C8H12N4OS/c1-6(8(13)12-9)4-14-7-2-3-10-5-11-7/h2-3,5-6H,4,9H2,1H3,(H,12,13). The zero-order chi connectivity index (χ0) is 10.4. The van der Waals surface area contributed by atoms with E-state index in [9.17, 15) is 4.79 Å². The molecule has 1 atom stereocenters. The zero-order valence-corrected chi connectivity index (χ0v) is 8.62. The molecular weight excluding hydrogens is 200 g/mol. The Hall–Kier alpha value is -1.14. The normalized spacial score (nSPS) is 12.1. The smallest absolute Gasteiger partial charge is 0.237 e. The van der Waals surface area contributed by atoms with Crippen molar-refractivity contribution < 1.29 is 4.79 Å². The van der Waals surface area contributed by atoms with Crippen molar-refractivity contribution in [1.29, 1.82) is 0 Å². The lowest BCUT2D eigenvalue weighted by Crippen LogP contribution is -2.35. The summed E-state index contributed by atoms with van der Waals surface area (Å²) in [5.74, 6) is 5.37. The number of hydrogen-bond donors (Lipinski definition) is 2. The third-order valence-corrected chi connectivity index (χ3v) is 2.83. The van der Waals surface area contributed by atoms with Crippen LogP contribution in [0.25, 0.3) is 0 Å². The van der Waals surface area contributed by atoms with Crippen molar-refractivity contribution in [1.82, 2.24) is 15.4 Å². The van der Waals surface area contributed by atoms with Gasteiger partial charge in [-0.05, 0) is 6.07 Å². The number of carbonyl (C=O) groups is 1. The topological polar surface area (TPSA) is 80.9 Å². The highest BCUT2D eigenvalue weighted by atomic mass is 32.2. The van der Waals surface area contributed by atoms with E-state index in [0.29, 0.717) is 5.75 Å². The molecule has 5 nitrogen and oxygen atoms in total. The molecule has 1 rings (SSSR count). The Kier molecular flexibility index (Phi) is 4.34. The van der Waals surface area contributed by atoms with Crippen molar-refractivity contribution >= 4 is 17.7 Å². The van der Waals surface area contributed by atoms with Gasteiger partial charge in [-0.1, -0.05) is 6.92 Å². The number of hydrazine groups is 1. The molecule has 0 aromatic carbocycles. The first kappa shape index (κ1) is 10.9. The van der Waals surface area contributed by atoms with E-state index in [0.717, 1.165) is 5.03 Å². The van der Waals surface area contributed by atoms with Crippen molar-refractivity contribution in [2.45, 2.75) is 11.9 Å². The third kappa shape index (κ3) is 3.31. The van der Waals surface area contributed by atoms with Gasteiger partial charge in [0.15, 0.2) is 0 Å². The minimum Gasteiger partial charge on any atom is -0.294 e. The highest BCUT2D eigenvalue weighted by Gasteiger charge is 2.11. The molecule has 76 valence electrons. The molecule has 0 saturated carbocycles. The van der Waals surface area contributed by atoms with E-state index in [1.54, 1.807) is 12.3 Å². The maximum absolute atomic E-state index is 11.1. The minimum absolute atomic E-state index is 0.125. The fraction of sp³-hybridized carbons (Fsp3) is 0.375. The predicted octanol–water partition coefficient (Wildman–Crippen LogP) is 0.195. The van der Waals surface area contributed by atoms with Crippen LogP contribution in [0.4, 0.5) is 0 Å². The van der Waals surface area contributed by atoms with Gasteiger partial charge in [-0.3, -0.25) is 10.2 Å². The molecule has 14 heavy (non-hydrogen) atoms. The summed E-state index contributed by atoms with van der Waals surface area (Å²) in [6.07, 6.45) is 3.15. The van der Waals surface area contributed by atoms with Gasteiger partial charge in [0.2, 0.25) is 5.91 Å². The number of aromatic nitrogens is 2. The van der Waals surface area contributed by atoms with Gasteiger partial charge in [0.05, 0.1) is 5.03 Å². The van der Waals surface area contributed by atoms with Gasteiger partial charge in [0, 0.05) is 17.9 Å². The molecule has 0 saturated heterocycles. The number of thioether (sulfide) groups is 1. The molecule has 1 aromatic heterocycles. The van der Waals surface area contributed by atoms with Crippen LogP contribution in [0.5, 0.6) is 0 Å². The third-order valence-electron chi connectivity index (χ3n) is 1.63.